The quantitative estimate of drug-likeness (QED) is 0.793. The number of aromatic nitrogens is 2. The fraction of sp³-hybridized carbons (Fsp3) is 0.800. The second-order valence-corrected chi connectivity index (χ2v) is 7.77. The maximum Gasteiger partial charge on any atom is 0.110 e. The van der Waals surface area contributed by atoms with Gasteiger partial charge < -0.3 is 9.88 Å². The van der Waals surface area contributed by atoms with Gasteiger partial charge in [-0.25, -0.2) is 4.98 Å². The number of thioether (sulfide) groups is 1. The lowest BCUT2D eigenvalue weighted by molar-refractivity contribution is 0.533. The summed E-state index contributed by atoms with van der Waals surface area (Å²) in [5, 5.41) is 3.59. The van der Waals surface area contributed by atoms with Crippen molar-refractivity contribution in [2.45, 2.75) is 64.8 Å². The van der Waals surface area contributed by atoms with Crippen molar-refractivity contribution in [1.29, 1.82) is 0 Å². The number of hydrogen-bond acceptors (Lipinski definition) is 3. The number of nitrogens with one attached hydrogen (secondary N) is 1. The van der Waals surface area contributed by atoms with Crippen LogP contribution in [0, 0.1) is 0 Å². The van der Waals surface area contributed by atoms with Gasteiger partial charge in [0.1, 0.15) is 5.82 Å². The van der Waals surface area contributed by atoms with Gasteiger partial charge >= 0.3 is 0 Å². The predicted octanol–water partition coefficient (Wildman–Crippen LogP) is 3.35. The topological polar surface area (TPSA) is 29.9 Å². The first-order valence-electron chi connectivity index (χ1n) is 7.33. The molecule has 3 nitrogen and oxygen atoms in total. The Morgan fingerprint density at radius 3 is 2.68 bits per heavy atom. The van der Waals surface area contributed by atoms with E-state index in [4.69, 9.17) is 0 Å². The summed E-state index contributed by atoms with van der Waals surface area (Å²) in [6, 6.07) is 0.507. The summed E-state index contributed by atoms with van der Waals surface area (Å²) in [7, 11) is 0. The number of aryl methyl sites for hydroxylation is 1. The maximum atomic E-state index is 4.51. The molecule has 0 radical (unpaired) electrons. The molecule has 1 atom stereocenters. The molecule has 0 bridgehead atoms. The van der Waals surface area contributed by atoms with Gasteiger partial charge in [0.25, 0.3) is 0 Å². The smallest absolute Gasteiger partial charge is 0.110 e. The zero-order valence-corrected chi connectivity index (χ0v) is 13.9. The number of rotatable bonds is 8. The normalized spacial score (nSPS) is 13.7. The molecule has 1 rings (SSSR count). The molecule has 19 heavy (non-hydrogen) atoms. The fourth-order valence-corrected chi connectivity index (χ4v) is 2.96. The van der Waals surface area contributed by atoms with Crippen molar-refractivity contribution in [2.24, 2.45) is 0 Å². The van der Waals surface area contributed by atoms with E-state index >= 15 is 0 Å². The van der Waals surface area contributed by atoms with Gasteiger partial charge in [-0.05, 0) is 13.0 Å². The Kier molecular flexibility index (Phi) is 6.94. The largest absolute Gasteiger partial charge is 0.335 e. The van der Waals surface area contributed by atoms with E-state index in [-0.39, 0.29) is 0 Å². The van der Waals surface area contributed by atoms with Gasteiger partial charge in [0.15, 0.2) is 0 Å². The van der Waals surface area contributed by atoms with Crippen LogP contribution < -0.4 is 5.32 Å². The van der Waals surface area contributed by atoms with Crippen molar-refractivity contribution in [3.05, 3.63) is 18.2 Å². The number of imidazole rings is 1. The summed E-state index contributed by atoms with van der Waals surface area (Å²) < 4.78 is 2.61. The third-order valence-corrected chi connectivity index (χ3v) is 4.34. The molecule has 1 heterocycles. The average Bonchev–Trinajstić information content (AvgIpc) is 2.73. The molecule has 1 N–H and O–H groups in total. The number of nitrogens with zero attached hydrogens (tertiary/aromatic N) is 2. The van der Waals surface area contributed by atoms with Crippen LogP contribution in [0.4, 0.5) is 0 Å². The molecule has 0 saturated heterocycles. The van der Waals surface area contributed by atoms with Crippen LogP contribution >= 0.6 is 11.8 Å². The minimum atomic E-state index is 0.326. The van der Waals surface area contributed by atoms with Crippen molar-refractivity contribution in [2.75, 3.05) is 12.3 Å². The summed E-state index contributed by atoms with van der Waals surface area (Å²) in [5.41, 5.74) is 0. The molecule has 0 fully saturated rings. The summed E-state index contributed by atoms with van der Waals surface area (Å²) in [4.78, 5) is 4.51. The molecule has 0 aliphatic heterocycles. The van der Waals surface area contributed by atoms with Crippen molar-refractivity contribution < 1.29 is 0 Å². The summed E-state index contributed by atoms with van der Waals surface area (Å²) in [6.45, 7) is 13.3. The summed E-state index contributed by atoms with van der Waals surface area (Å²) in [6.07, 6.45) is 6.19. The molecular weight excluding hydrogens is 254 g/mol. The lowest BCUT2D eigenvalue weighted by atomic mass is 10.2. The van der Waals surface area contributed by atoms with Gasteiger partial charge in [0.2, 0.25) is 0 Å². The first kappa shape index (κ1) is 16.6. The van der Waals surface area contributed by atoms with Gasteiger partial charge in [0, 0.05) is 41.9 Å². The van der Waals surface area contributed by atoms with Crippen LogP contribution in [-0.2, 0) is 13.0 Å². The lowest BCUT2D eigenvalue weighted by Crippen LogP contribution is -2.35. The second-order valence-electron chi connectivity index (χ2n) is 5.92. The Labute approximate surface area is 122 Å². The minimum absolute atomic E-state index is 0.326. The molecule has 110 valence electrons. The van der Waals surface area contributed by atoms with Gasteiger partial charge in [0.05, 0.1) is 0 Å². The van der Waals surface area contributed by atoms with Crippen molar-refractivity contribution in [3.63, 3.8) is 0 Å². The van der Waals surface area contributed by atoms with Crippen LogP contribution in [-0.4, -0.2) is 32.6 Å². The molecular formula is C15H29N3S. The Morgan fingerprint density at radius 2 is 2.11 bits per heavy atom. The van der Waals surface area contributed by atoms with Crippen molar-refractivity contribution in [1.82, 2.24) is 14.9 Å². The highest BCUT2D eigenvalue weighted by molar-refractivity contribution is 8.00. The molecule has 1 unspecified atom stereocenters. The van der Waals surface area contributed by atoms with Crippen LogP contribution in [0.25, 0.3) is 0 Å². The van der Waals surface area contributed by atoms with Gasteiger partial charge in [-0.1, -0.05) is 34.6 Å². The van der Waals surface area contributed by atoms with E-state index in [0.29, 0.717) is 10.8 Å². The molecule has 0 aliphatic carbocycles. The van der Waals surface area contributed by atoms with E-state index in [1.807, 2.05) is 18.0 Å². The van der Waals surface area contributed by atoms with Crippen LogP contribution in [0.5, 0.6) is 0 Å². The average molecular weight is 283 g/mol. The highest BCUT2D eigenvalue weighted by Crippen LogP contribution is 2.24. The van der Waals surface area contributed by atoms with Gasteiger partial charge in [-0.2, -0.15) is 11.8 Å². The second kappa shape index (κ2) is 7.95. The molecule has 0 saturated carbocycles. The maximum absolute atomic E-state index is 4.51. The standard InChI is InChI=1S/C15H29N3S/c1-6-9-18-10-8-17-14(18)11-13(16-7-2)12-19-15(3,4)5/h8,10,13,16H,6-7,9,11-12H2,1-5H3. The van der Waals surface area contributed by atoms with Crippen LogP contribution in [0.3, 0.4) is 0 Å². The van der Waals surface area contributed by atoms with E-state index in [1.54, 1.807) is 0 Å². The van der Waals surface area contributed by atoms with Gasteiger partial charge in [-0.15, -0.1) is 0 Å². The third kappa shape index (κ3) is 6.48. The monoisotopic (exact) mass is 283 g/mol. The van der Waals surface area contributed by atoms with Crippen molar-refractivity contribution >= 4 is 11.8 Å². The Bertz CT molecular complexity index is 355. The molecule has 0 amide bonds. The van der Waals surface area contributed by atoms with E-state index in [9.17, 15) is 0 Å². The Hall–Kier alpha value is -0.480. The first-order chi connectivity index (χ1) is 8.96. The van der Waals surface area contributed by atoms with Gasteiger partial charge in [-0.3, -0.25) is 0 Å². The van der Waals surface area contributed by atoms with Crippen LogP contribution in [0.1, 0.15) is 46.9 Å². The fourth-order valence-electron chi connectivity index (χ4n) is 2.02. The molecule has 0 aromatic carbocycles. The Morgan fingerprint density at radius 1 is 1.37 bits per heavy atom. The van der Waals surface area contributed by atoms with Crippen LogP contribution in [0.2, 0.25) is 0 Å². The molecule has 0 spiro atoms. The van der Waals surface area contributed by atoms with E-state index in [1.165, 1.54) is 5.82 Å². The highest BCUT2D eigenvalue weighted by atomic mass is 32.2. The highest BCUT2D eigenvalue weighted by Gasteiger charge is 2.17. The van der Waals surface area contributed by atoms with E-state index in [2.05, 4.69) is 55.7 Å². The zero-order chi connectivity index (χ0) is 14.3. The summed E-state index contributed by atoms with van der Waals surface area (Å²) in [5.74, 6) is 2.35. The van der Waals surface area contributed by atoms with Crippen molar-refractivity contribution in [3.8, 4) is 0 Å². The van der Waals surface area contributed by atoms with E-state index in [0.717, 1.165) is 31.7 Å². The minimum Gasteiger partial charge on any atom is -0.335 e. The molecule has 4 heteroatoms. The summed E-state index contributed by atoms with van der Waals surface area (Å²) >= 11 is 2.02. The zero-order valence-electron chi connectivity index (χ0n) is 13.1. The number of likely N-dealkylation sites (N-methyl/N-ethyl adjacent to an activating group) is 1. The molecule has 0 aliphatic rings. The SMILES string of the molecule is CCCn1ccnc1CC(CSC(C)(C)C)NCC. The van der Waals surface area contributed by atoms with E-state index < -0.39 is 0 Å². The lowest BCUT2D eigenvalue weighted by Gasteiger charge is -2.23. The molecule has 1 aromatic rings. The predicted molar refractivity (Wildman–Crippen MR) is 85.9 cm³/mol. The first-order valence-corrected chi connectivity index (χ1v) is 8.32. The molecule has 1 aromatic heterocycles. The third-order valence-electron chi connectivity index (χ3n) is 2.91. The number of hydrogen-bond donors (Lipinski definition) is 1. The van der Waals surface area contributed by atoms with Crippen LogP contribution in [0.15, 0.2) is 12.4 Å². The Balaban J connectivity index is 2.59.